The van der Waals surface area contributed by atoms with Crippen LogP contribution in [0.2, 0.25) is 0 Å². The third-order valence-electron chi connectivity index (χ3n) is 2.61. The first-order chi connectivity index (χ1) is 7.50. The number of rotatable bonds is 1. The fraction of sp³-hybridized carbons (Fsp3) is 0.273. The number of imide groups is 1. The van der Waals surface area contributed by atoms with Gasteiger partial charge in [-0.15, -0.1) is 0 Å². The fourth-order valence-electron chi connectivity index (χ4n) is 1.71. The summed E-state index contributed by atoms with van der Waals surface area (Å²) in [6.07, 6.45) is 0.171. The number of halogens is 1. The van der Waals surface area contributed by atoms with Crippen LogP contribution in [0.5, 0.6) is 0 Å². The molecule has 1 heterocycles. The van der Waals surface area contributed by atoms with E-state index in [1.165, 1.54) is 12.1 Å². The topological polar surface area (TPSA) is 63.4 Å². The second-order valence-electron chi connectivity index (χ2n) is 3.88. The van der Waals surface area contributed by atoms with Crippen LogP contribution in [-0.4, -0.2) is 11.8 Å². The van der Waals surface area contributed by atoms with Crippen molar-refractivity contribution in [2.45, 2.75) is 13.3 Å². The van der Waals surface area contributed by atoms with Crippen molar-refractivity contribution < 1.29 is 14.0 Å². The summed E-state index contributed by atoms with van der Waals surface area (Å²) >= 11 is 0. The van der Waals surface area contributed by atoms with Crippen molar-refractivity contribution in [1.29, 1.82) is 0 Å². The smallest absolute Gasteiger partial charge is 0.237 e. The standard InChI is InChI=1S/C11H11FN2O2/c1-6-4-10(15)14(11(6)16)7-2-3-9(13)8(12)5-7/h2-3,5-6H,4,13H2,1H3. The Bertz CT molecular complexity index is 473. The third-order valence-corrected chi connectivity index (χ3v) is 2.61. The molecular formula is C11H11FN2O2. The lowest BCUT2D eigenvalue weighted by Gasteiger charge is -2.14. The van der Waals surface area contributed by atoms with Crippen molar-refractivity contribution in [2.75, 3.05) is 10.6 Å². The lowest BCUT2D eigenvalue weighted by atomic mass is 10.1. The molecule has 1 unspecified atom stereocenters. The Morgan fingerprint density at radius 3 is 2.62 bits per heavy atom. The SMILES string of the molecule is CC1CC(=O)N(c2ccc(N)c(F)c2)C1=O. The first kappa shape index (κ1) is 10.6. The van der Waals surface area contributed by atoms with E-state index in [1.807, 2.05) is 0 Å². The van der Waals surface area contributed by atoms with Gasteiger partial charge in [-0.25, -0.2) is 4.39 Å². The van der Waals surface area contributed by atoms with Gasteiger partial charge in [0.15, 0.2) is 0 Å². The van der Waals surface area contributed by atoms with Gasteiger partial charge in [-0.2, -0.15) is 0 Å². The number of carbonyl (C=O) groups is 2. The highest BCUT2D eigenvalue weighted by Crippen LogP contribution is 2.27. The average molecular weight is 222 g/mol. The van der Waals surface area contributed by atoms with E-state index < -0.39 is 5.82 Å². The van der Waals surface area contributed by atoms with Crippen molar-refractivity contribution in [3.8, 4) is 0 Å². The van der Waals surface area contributed by atoms with E-state index in [4.69, 9.17) is 5.73 Å². The number of nitrogens with zero attached hydrogens (tertiary/aromatic N) is 1. The Morgan fingerprint density at radius 2 is 2.12 bits per heavy atom. The molecule has 2 rings (SSSR count). The molecule has 2 amide bonds. The third kappa shape index (κ3) is 1.54. The molecule has 1 atom stereocenters. The maximum atomic E-state index is 13.2. The van der Waals surface area contributed by atoms with Crippen molar-refractivity contribution in [3.63, 3.8) is 0 Å². The van der Waals surface area contributed by atoms with Crippen LogP contribution in [0.1, 0.15) is 13.3 Å². The molecule has 1 aliphatic rings. The van der Waals surface area contributed by atoms with Gasteiger partial charge in [0.25, 0.3) is 0 Å². The number of hydrogen-bond donors (Lipinski definition) is 1. The minimum atomic E-state index is -0.627. The zero-order valence-corrected chi connectivity index (χ0v) is 8.74. The Balaban J connectivity index is 2.41. The summed E-state index contributed by atoms with van der Waals surface area (Å²) in [6.45, 7) is 1.67. The molecule has 0 bridgehead atoms. The summed E-state index contributed by atoms with van der Waals surface area (Å²) in [5.74, 6) is -1.57. The number of nitrogens with two attached hydrogens (primary N) is 1. The summed E-state index contributed by atoms with van der Waals surface area (Å²) in [5, 5.41) is 0. The van der Waals surface area contributed by atoms with E-state index >= 15 is 0 Å². The van der Waals surface area contributed by atoms with Gasteiger partial charge in [0.1, 0.15) is 5.82 Å². The van der Waals surface area contributed by atoms with Gasteiger partial charge in [-0.3, -0.25) is 14.5 Å². The number of anilines is 2. The summed E-state index contributed by atoms with van der Waals surface area (Å²) in [6, 6.07) is 3.91. The highest BCUT2D eigenvalue weighted by Gasteiger charge is 2.36. The molecular weight excluding hydrogens is 211 g/mol. The molecule has 1 aliphatic heterocycles. The fourth-order valence-corrected chi connectivity index (χ4v) is 1.71. The predicted molar refractivity (Wildman–Crippen MR) is 57.1 cm³/mol. The molecule has 1 fully saturated rings. The van der Waals surface area contributed by atoms with Gasteiger partial charge in [0.2, 0.25) is 11.8 Å². The van der Waals surface area contributed by atoms with Gasteiger partial charge in [-0.05, 0) is 12.1 Å². The molecule has 84 valence electrons. The molecule has 0 radical (unpaired) electrons. The van der Waals surface area contributed by atoms with Gasteiger partial charge in [0.05, 0.1) is 11.4 Å². The lowest BCUT2D eigenvalue weighted by Crippen LogP contribution is -2.30. The summed E-state index contributed by atoms with van der Waals surface area (Å²) in [7, 11) is 0. The maximum Gasteiger partial charge on any atom is 0.237 e. The second kappa shape index (κ2) is 3.59. The van der Waals surface area contributed by atoms with Crippen LogP contribution in [0, 0.1) is 11.7 Å². The van der Waals surface area contributed by atoms with Crippen molar-refractivity contribution in [2.24, 2.45) is 5.92 Å². The van der Waals surface area contributed by atoms with Crippen molar-refractivity contribution >= 4 is 23.2 Å². The first-order valence-electron chi connectivity index (χ1n) is 4.92. The van der Waals surface area contributed by atoms with Crippen LogP contribution in [0.25, 0.3) is 0 Å². The van der Waals surface area contributed by atoms with E-state index in [9.17, 15) is 14.0 Å². The second-order valence-corrected chi connectivity index (χ2v) is 3.88. The Hall–Kier alpha value is -1.91. The van der Waals surface area contributed by atoms with E-state index in [1.54, 1.807) is 6.92 Å². The maximum absolute atomic E-state index is 13.2. The van der Waals surface area contributed by atoms with E-state index in [2.05, 4.69) is 0 Å². The van der Waals surface area contributed by atoms with Crippen molar-refractivity contribution in [1.82, 2.24) is 0 Å². The molecule has 2 N–H and O–H groups in total. The van der Waals surface area contributed by atoms with Crippen LogP contribution in [0.4, 0.5) is 15.8 Å². The normalized spacial score (nSPS) is 20.6. The Morgan fingerprint density at radius 1 is 1.44 bits per heavy atom. The van der Waals surface area contributed by atoms with Gasteiger partial charge >= 0.3 is 0 Å². The van der Waals surface area contributed by atoms with Gasteiger partial charge in [-0.1, -0.05) is 6.92 Å². The molecule has 4 nitrogen and oxygen atoms in total. The number of nitrogen functional groups attached to an aromatic ring is 1. The monoisotopic (exact) mass is 222 g/mol. The molecule has 1 aromatic carbocycles. The Kier molecular flexibility index (Phi) is 2.38. The zero-order valence-electron chi connectivity index (χ0n) is 8.74. The number of benzene rings is 1. The minimum Gasteiger partial charge on any atom is -0.396 e. The molecule has 16 heavy (non-hydrogen) atoms. The van der Waals surface area contributed by atoms with E-state index in [-0.39, 0.29) is 35.5 Å². The number of amides is 2. The zero-order chi connectivity index (χ0) is 11.9. The minimum absolute atomic E-state index is 0.00380. The van der Waals surface area contributed by atoms with Crippen LogP contribution in [-0.2, 0) is 9.59 Å². The average Bonchev–Trinajstić information content (AvgIpc) is 2.47. The molecule has 5 heteroatoms. The highest BCUT2D eigenvalue weighted by atomic mass is 19.1. The molecule has 1 aromatic rings. The largest absolute Gasteiger partial charge is 0.396 e. The van der Waals surface area contributed by atoms with Crippen LogP contribution >= 0.6 is 0 Å². The quantitative estimate of drug-likeness (QED) is 0.575. The molecule has 0 aliphatic carbocycles. The number of hydrogen-bond acceptors (Lipinski definition) is 3. The van der Waals surface area contributed by atoms with Crippen LogP contribution < -0.4 is 10.6 Å². The lowest BCUT2D eigenvalue weighted by molar-refractivity contribution is -0.122. The first-order valence-corrected chi connectivity index (χ1v) is 4.92. The van der Waals surface area contributed by atoms with Gasteiger partial charge < -0.3 is 5.73 Å². The Labute approximate surface area is 91.8 Å². The summed E-state index contributed by atoms with van der Waals surface area (Å²) in [5.41, 5.74) is 5.56. The highest BCUT2D eigenvalue weighted by molar-refractivity contribution is 6.20. The van der Waals surface area contributed by atoms with Gasteiger partial charge in [0, 0.05) is 18.4 Å². The molecule has 0 aromatic heterocycles. The number of carbonyl (C=O) groups excluding carboxylic acids is 2. The molecule has 0 saturated carbocycles. The van der Waals surface area contributed by atoms with Crippen LogP contribution in [0.15, 0.2) is 18.2 Å². The molecule has 1 saturated heterocycles. The summed E-state index contributed by atoms with van der Waals surface area (Å²) in [4.78, 5) is 24.2. The molecule has 0 spiro atoms. The predicted octanol–water partition coefficient (Wildman–Crippen LogP) is 1.31. The van der Waals surface area contributed by atoms with E-state index in [0.29, 0.717) is 0 Å². The van der Waals surface area contributed by atoms with Crippen molar-refractivity contribution in [3.05, 3.63) is 24.0 Å². The van der Waals surface area contributed by atoms with E-state index in [0.717, 1.165) is 11.0 Å². The van der Waals surface area contributed by atoms with Crippen LogP contribution in [0.3, 0.4) is 0 Å². The summed E-state index contributed by atoms with van der Waals surface area (Å²) < 4.78 is 13.2.